The summed E-state index contributed by atoms with van der Waals surface area (Å²) in [5, 5.41) is 3.05. The van der Waals surface area contributed by atoms with Gasteiger partial charge in [-0.05, 0) is 44.6 Å². The van der Waals surface area contributed by atoms with Crippen LogP contribution in [0.15, 0.2) is 42.5 Å². The van der Waals surface area contributed by atoms with Crippen molar-refractivity contribution < 1.29 is 22.7 Å². The first kappa shape index (κ1) is 20.5. The van der Waals surface area contributed by atoms with Gasteiger partial charge in [0.25, 0.3) is 0 Å². The number of ether oxygens (including phenoxy) is 1. The number of para-hydroxylation sites is 1. The number of nitrogens with zero attached hydrogens (tertiary/aromatic N) is 1. The van der Waals surface area contributed by atoms with Crippen LogP contribution in [0.3, 0.4) is 0 Å². The molecule has 1 unspecified atom stereocenters. The number of benzene rings is 2. The van der Waals surface area contributed by atoms with E-state index < -0.39 is 6.36 Å². The summed E-state index contributed by atoms with van der Waals surface area (Å²) in [7, 11) is 1.91. The molecule has 2 aromatic carbocycles. The highest BCUT2D eigenvalue weighted by Gasteiger charge is 2.32. The van der Waals surface area contributed by atoms with Crippen molar-refractivity contribution in [3.63, 3.8) is 0 Å². The van der Waals surface area contributed by atoms with Crippen molar-refractivity contribution in [3.05, 3.63) is 47.5 Å². The Morgan fingerprint density at radius 2 is 1.93 bits per heavy atom. The molecule has 0 bridgehead atoms. The van der Waals surface area contributed by atoms with Crippen molar-refractivity contribution in [2.45, 2.75) is 31.7 Å². The van der Waals surface area contributed by atoms with Gasteiger partial charge in [0.05, 0.1) is 11.1 Å². The lowest BCUT2D eigenvalue weighted by molar-refractivity contribution is -0.274. The number of amides is 1. The first-order valence-electron chi connectivity index (χ1n) is 8.90. The number of anilines is 1. The van der Waals surface area contributed by atoms with E-state index in [1.807, 2.05) is 11.9 Å². The van der Waals surface area contributed by atoms with Gasteiger partial charge in [-0.1, -0.05) is 42.3 Å². The third-order valence-electron chi connectivity index (χ3n) is 4.71. The minimum atomic E-state index is -4.80. The Kier molecular flexibility index (Phi) is 6.15. The van der Waals surface area contributed by atoms with Gasteiger partial charge in [-0.2, -0.15) is 0 Å². The number of carbonyl (C=O) groups excluding carboxylic acids is 1. The van der Waals surface area contributed by atoms with Gasteiger partial charge < -0.3 is 10.1 Å². The second-order valence-corrected chi connectivity index (χ2v) is 7.13. The molecule has 1 saturated heterocycles. The molecule has 0 aliphatic carbocycles. The van der Waals surface area contributed by atoms with E-state index in [0.29, 0.717) is 11.3 Å². The third kappa shape index (κ3) is 4.97. The van der Waals surface area contributed by atoms with Crippen LogP contribution in [-0.4, -0.2) is 36.8 Å². The standard InChI is InChI=1S/C20H20ClF3N2O2/c1-26-11-5-4-7-17(26)19(27)25-13-9-10-14(16(21)12-13)15-6-2-3-8-18(15)28-20(22,23)24/h2-3,6,8-10,12,17H,4-5,7,11H2,1H3,(H,25,27). The molecule has 1 fully saturated rings. The van der Waals surface area contributed by atoms with Gasteiger partial charge in [0.2, 0.25) is 5.91 Å². The van der Waals surface area contributed by atoms with E-state index in [2.05, 4.69) is 10.1 Å². The van der Waals surface area contributed by atoms with Gasteiger partial charge in [0.1, 0.15) is 5.75 Å². The van der Waals surface area contributed by atoms with Crippen LogP contribution in [-0.2, 0) is 4.79 Å². The second-order valence-electron chi connectivity index (χ2n) is 6.72. The van der Waals surface area contributed by atoms with Crippen LogP contribution in [0.2, 0.25) is 5.02 Å². The van der Waals surface area contributed by atoms with E-state index in [0.717, 1.165) is 25.8 Å². The maximum atomic E-state index is 12.6. The summed E-state index contributed by atoms with van der Waals surface area (Å²) < 4.78 is 42.0. The first-order valence-corrected chi connectivity index (χ1v) is 9.28. The Hall–Kier alpha value is -2.25. The number of carbonyl (C=O) groups is 1. The van der Waals surface area contributed by atoms with E-state index in [1.165, 1.54) is 24.3 Å². The second kappa shape index (κ2) is 8.41. The zero-order chi connectivity index (χ0) is 20.3. The van der Waals surface area contributed by atoms with Crippen LogP contribution in [0.5, 0.6) is 5.75 Å². The molecule has 0 saturated carbocycles. The Labute approximate surface area is 166 Å². The number of likely N-dealkylation sites (N-methyl/N-ethyl adjacent to an activating group) is 1. The number of halogens is 4. The van der Waals surface area contributed by atoms with Crippen LogP contribution in [0, 0.1) is 0 Å². The molecule has 1 aliphatic heterocycles. The molecular weight excluding hydrogens is 393 g/mol. The molecule has 28 heavy (non-hydrogen) atoms. The lowest BCUT2D eigenvalue weighted by atomic mass is 10.0. The molecule has 0 spiro atoms. The van der Waals surface area contributed by atoms with Crippen LogP contribution in [0.1, 0.15) is 19.3 Å². The Balaban J connectivity index is 1.81. The number of likely N-dealkylation sites (tertiary alicyclic amines) is 1. The SMILES string of the molecule is CN1CCCCC1C(=O)Nc1ccc(-c2ccccc2OC(F)(F)F)c(Cl)c1. The molecule has 1 heterocycles. The summed E-state index contributed by atoms with van der Waals surface area (Å²) in [6.45, 7) is 0.869. The van der Waals surface area contributed by atoms with Crippen molar-refractivity contribution in [2.75, 3.05) is 18.9 Å². The topological polar surface area (TPSA) is 41.6 Å². The summed E-state index contributed by atoms with van der Waals surface area (Å²) in [5.41, 5.74) is 1.09. The van der Waals surface area contributed by atoms with Crippen LogP contribution in [0.25, 0.3) is 11.1 Å². The third-order valence-corrected chi connectivity index (χ3v) is 5.03. The maximum absolute atomic E-state index is 12.6. The summed E-state index contributed by atoms with van der Waals surface area (Å²) in [6, 6.07) is 10.3. The average molecular weight is 413 g/mol. The van der Waals surface area contributed by atoms with Gasteiger partial charge in [0.15, 0.2) is 0 Å². The lowest BCUT2D eigenvalue weighted by Crippen LogP contribution is -2.44. The molecule has 1 N–H and O–H groups in total. The Morgan fingerprint density at radius 3 is 2.61 bits per heavy atom. The number of hydrogen-bond acceptors (Lipinski definition) is 3. The highest BCUT2D eigenvalue weighted by Crippen LogP contribution is 2.38. The summed E-state index contributed by atoms with van der Waals surface area (Å²) in [6.07, 6.45) is -1.95. The van der Waals surface area contributed by atoms with Crippen molar-refractivity contribution in [2.24, 2.45) is 0 Å². The number of hydrogen-bond donors (Lipinski definition) is 1. The Morgan fingerprint density at radius 1 is 1.18 bits per heavy atom. The van der Waals surface area contributed by atoms with E-state index in [1.54, 1.807) is 18.2 Å². The summed E-state index contributed by atoms with van der Waals surface area (Å²) in [4.78, 5) is 14.5. The molecule has 4 nitrogen and oxygen atoms in total. The smallest absolute Gasteiger partial charge is 0.405 e. The molecule has 150 valence electrons. The van der Waals surface area contributed by atoms with Gasteiger partial charge in [-0.25, -0.2) is 0 Å². The largest absolute Gasteiger partial charge is 0.573 e. The van der Waals surface area contributed by atoms with Crippen LogP contribution in [0.4, 0.5) is 18.9 Å². The highest BCUT2D eigenvalue weighted by atomic mass is 35.5. The molecule has 1 aliphatic rings. The first-order chi connectivity index (χ1) is 13.2. The van der Waals surface area contributed by atoms with E-state index in [4.69, 9.17) is 11.6 Å². The van der Waals surface area contributed by atoms with E-state index in [9.17, 15) is 18.0 Å². The molecule has 0 aromatic heterocycles. The molecular formula is C20H20ClF3N2O2. The zero-order valence-electron chi connectivity index (χ0n) is 15.2. The molecule has 1 amide bonds. The molecule has 8 heteroatoms. The van der Waals surface area contributed by atoms with Gasteiger partial charge >= 0.3 is 6.36 Å². The minimum absolute atomic E-state index is 0.119. The fourth-order valence-corrected chi connectivity index (χ4v) is 3.63. The molecule has 3 rings (SSSR count). The number of rotatable bonds is 4. The van der Waals surface area contributed by atoms with Crippen LogP contribution < -0.4 is 10.1 Å². The maximum Gasteiger partial charge on any atom is 0.573 e. The van der Waals surface area contributed by atoms with Crippen molar-refractivity contribution >= 4 is 23.2 Å². The lowest BCUT2D eigenvalue weighted by Gasteiger charge is -2.31. The fourth-order valence-electron chi connectivity index (χ4n) is 3.35. The normalized spacial score (nSPS) is 18.0. The quantitative estimate of drug-likeness (QED) is 0.738. The van der Waals surface area contributed by atoms with Gasteiger partial charge in [0, 0.05) is 16.8 Å². The average Bonchev–Trinajstić information content (AvgIpc) is 2.62. The number of nitrogens with one attached hydrogen (secondary N) is 1. The van der Waals surface area contributed by atoms with Gasteiger partial charge in [-0.15, -0.1) is 13.2 Å². The van der Waals surface area contributed by atoms with Gasteiger partial charge in [-0.3, -0.25) is 9.69 Å². The van der Waals surface area contributed by atoms with Crippen LogP contribution >= 0.6 is 11.6 Å². The summed E-state index contributed by atoms with van der Waals surface area (Å²) in [5.74, 6) is -0.454. The minimum Gasteiger partial charge on any atom is -0.405 e. The monoisotopic (exact) mass is 412 g/mol. The fraction of sp³-hybridized carbons (Fsp3) is 0.350. The van der Waals surface area contributed by atoms with Crippen molar-refractivity contribution in [1.82, 2.24) is 4.90 Å². The summed E-state index contributed by atoms with van der Waals surface area (Å²) >= 11 is 6.31. The Bertz CT molecular complexity index is 858. The number of piperidine rings is 1. The molecule has 0 radical (unpaired) electrons. The number of alkyl halides is 3. The van der Waals surface area contributed by atoms with E-state index >= 15 is 0 Å². The predicted molar refractivity (Wildman–Crippen MR) is 102 cm³/mol. The van der Waals surface area contributed by atoms with E-state index in [-0.39, 0.29) is 28.3 Å². The zero-order valence-corrected chi connectivity index (χ0v) is 16.0. The molecule has 1 atom stereocenters. The van der Waals surface area contributed by atoms with Crippen molar-refractivity contribution in [3.8, 4) is 16.9 Å². The molecule has 2 aromatic rings. The highest BCUT2D eigenvalue weighted by molar-refractivity contribution is 6.33. The predicted octanol–water partition coefficient (Wildman–Crippen LogP) is 5.33. The van der Waals surface area contributed by atoms with Crippen molar-refractivity contribution in [1.29, 1.82) is 0 Å².